The molecule has 0 aromatic carbocycles. The minimum absolute atomic E-state index is 0. The standard InChI is InChI=1S/C4H8N4.C3H5ClN4.CH4/c1-3-4-5-6-7-8(4)2;1-8-6-3(2-4)5-7-8;/h3H2,1-2H3;2H2,1H3;1H4. The van der Waals surface area contributed by atoms with Crippen LogP contribution in [0.15, 0.2) is 0 Å². The van der Waals surface area contributed by atoms with Gasteiger partial charge in [0.25, 0.3) is 0 Å². The Morgan fingerprint density at radius 2 is 1.88 bits per heavy atom. The summed E-state index contributed by atoms with van der Waals surface area (Å²) < 4.78 is 1.67. The fraction of sp³-hybridized carbons (Fsp3) is 0.750. The molecule has 0 spiro atoms. The fourth-order valence-electron chi connectivity index (χ4n) is 0.924. The lowest BCUT2D eigenvalue weighted by Gasteiger charge is -1.87. The van der Waals surface area contributed by atoms with Crippen LogP contribution in [0.25, 0.3) is 0 Å². The van der Waals surface area contributed by atoms with Crippen molar-refractivity contribution in [2.24, 2.45) is 14.1 Å². The van der Waals surface area contributed by atoms with E-state index in [9.17, 15) is 0 Å². The lowest BCUT2D eigenvalue weighted by Crippen LogP contribution is -1.96. The molecule has 2 heterocycles. The third-order valence-electron chi connectivity index (χ3n) is 1.69. The molecule has 9 heteroatoms. The normalized spacial score (nSPS) is 9.18. The molecule has 0 unspecified atom stereocenters. The fourth-order valence-corrected chi connectivity index (χ4v) is 1.03. The summed E-state index contributed by atoms with van der Waals surface area (Å²) in [5.74, 6) is 1.81. The van der Waals surface area contributed by atoms with E-state index in [1.807, 2.05) is 14.0 Å². The zero-order chi connectivity index (χ0) is 12.0. The third-order valence-corrected chi connectivity index (χ3v) is 1.93. The Balaban J connectivity index is 0.000000284. The van der Waals surface area contributed by atoms with E-state index < -0.39 is 0 Å². The Hall–Kier alpha value is -1.57. The summed E-state index contributed by atoms with van der Waals surface area (Å²) in [6.07, 6.45) is 0.892. The summed E-state index contributed by atoms with van der Waals surface area (Å²) in [5, 5.41) is 21.8. The minimum atomic E-state index is 0. The van der Waals surface area contributed by atoms with E-state index in [2.05, 4.69) is 30.9 Å². The molecule has 2 aromatic heterocycles. The molecule has 0 N–H and O–H groups in total. The quantitative estimate of drug-likeness (QED) is 0.725. The number of nitrogens with zero attached hydrogens (tertiary/aromatic N) is 8. The Bertz CT molecular complexity index is 423. The van der Waals surface area contributed by atoms with Gasteiger partial charge in [0.1, 0.15) is 0 Å². The second-order valence-electron chi connectivity index (χ2n) is 2.90. The van der Waals surface area contributed by atoms with Gasteiger partial charge < -0.3 is 0 Å². The SMILES string of the molecule is C.CCc1nnnn1C.Cn1nnc(CCl)n1. The Kier molecular flexibility index (Phi) is 6.95. The number of aryl methyl sites for hydroxylation is 3. The van der Waals surface area contributed by atoms with Gasteiger partial charge >= 0.3 is 0 Å². The van der Waals surface area contributed by atoms with Crippen molar-refractivity contribution < 1.29 is 0 Å². The highest BCUT2D eigenvalue weighted by molar-refractivity contribution is 6.16. The number of hydrogen-bond acceptors (Lipinski definition) is 6. The van der Waals surface area contributed by atoms with Crippen LogP contribution in [0.3, 0.4) is 0 Å². The van der Waals surface area contributed by atoms with Gasteiger partial charge in [-0.2, -0.15) is 4.80 Å². The summed E-state index contributed by atoms with van der Waals surface area (Å²) in [4.78, 5) is 1.37. The second kappa shape index (κ2) is 7.66. The van der Waals surface area contributed by atoms with Gasteiger partial charge in [-0.3, -0.25) is 0 Å². The first-order valence-electron chi connectivity index (χ1n) is 4.67. The molecular weight excluding hydrogens is 244 g/mol. The Labute approximate surface area is 105 Å². The van der Waals surface area contributed by atoms with Crippen LogP contribution in [-0.4, -0.2) is 40.4 Å². The second-order valence-corrected chi connectivity index (χ2v) is 3.17. The molecule has 0 fully saturated rings. The largest absolute Gasteiger partial charge is 0.233 e. The summed E-state index contributed by atoms with van der Waals surface area (Å²) in [6.45, 7) is 2.02. The molecule has 0 aliphatic heterocycles. The van der Waals surface area contributed by atoms with Crippen molar-refractivity contribution in [1.29, 1.82) is 0 Å². The zero-order valence-electron chi connectivity index (χ0n) is 9.37. The molecule has 8 nitrogen and oxygen atoms in total. The first-order valence-corrected chi connectivity index (χ1v) is 5.20. The summed E-state index contributed by atoms with van der Waals surface area (Å²) >= 11 is 5.36. The van der Waals surface area contributed by atoms with Crippen molar-refractivity contribution in [2.45, 2.75) is 26.7 Å². The predicted molar refractivity (Wildman–Crippen MR) is 63.3 cm³/mol. The Morgan fingerprint density at radius 3 is 2.12 bits per heavy atom. The van der Waals surface area contributed by atoms with Crippen LogP contribution >= 0.6 is 11.6 Å². The molecular formula is C8H17ClN8. The molecule has 0 aliphatic carbocycles. The molecule has 96 valence electrons. The van der Waals surface area contributed by atoms with Crippen molar-refractivity contribution in [3.63, 3.8) is 0 Å². The maximum absolute atomic E-state index is 5.36. The van der Waals surface area contributed by atoms with Crippen LogP contribution in [-0.2, 0) is 26.4 Å². The van der Waals surface area contributed by atoms with Crippen LogP contribution < -0.4 is 0 Å². The highest BCUT2D eigenvalue weighted by Crippen LogP contribution is 1.89. The van der Waals surface area contributed by atoms with Gasteiger partial charge in [0.15, 0.2) is 11.6 Å². The average Bonchev–Trinajstić information content (AvgIpc) is 2.87. The number of hydrogen-bond donors (Lipinski definition) is 0. The van der Waals surface area contributed by atoms with Crippen LogP contribution in [0.1, 0.15) is 26.0 Å². The summed E-state index contributed by atoms with van der Waals surface area (Å²) in [6, 6.07) is 0. The van der Waals surface area contributed by atoms with Crippen molar-refractivity contribution in [2.75, 3.05) is 0 Å². The number of aromatic nitrogens is 8. The van der Waals surface area contributed by atoms with E-state index in [1.165, 1.54) is 4.80 Å². The van der Waals surface area contributed by atoms with Gasteiger partial charge in [-0.1, -0.05) is 14.4 Å². The maximum Gasteiger partial charge on any atom is 0.189 e. The topological polar surface area (TPSA) is 87.2 Å². The van der Waals surface area contributed by atoms with Gasteiger partial charge in [-0.25, -0.2) is 4.68 Å². The molecule has 0 saturated heterocycles. The first-order chi connectivity index (χ1) is 7.67. The predicted octanol–water partition coefficient (Wildman–Crippen LogP) is 0.357. The van der Waals surface area contributed by atoms with Crippen LogP contribution in [0.4, 0.5) is 0 Å². The minimum Gasteiger partial charge on any atom is -0.233 e. The molecule has 0 amide bonds. The molecule has 0 aliphatic rings. The molecule has 17 heavy (non-hydrogen) atoms. The van der Waals surface area contributed by atoms with E-state index >= 15 is 0 Å². The summed E-state index contributed by atoms with van der Waals surface area (Å²) in [7, 11) is 3.53. The molecule has 0 saturated carbocycles. The van der Waals surface area contributed by atoms with Gasteiger partial charge in [0, 0.05) is 13.5 Å². The Morgan fingerprint density at radius 1 is 1.18 bits per heavy atom. The van der Waals surface area contributed by atoms with Crippen LogP contribution in [0, 0.1) is 0 Å². The molecule has 0 atom stereocenters. The average molecular weight is 261 g/mol. The van der Waals surface area contributed by atoms with Crippen molar-refractivity contribution >= 4 is 11.6 Å². The molecule has 0 bridgehead atoms. The molecule has 0 radical (unpaired) electrons. The maximum atomic E-state index is 5.36. The van der Waals surface area contributed by atoms with Gasteiger partial charge in [0.2, 0.25) is 0 Å². The lowest BCUT2D eigenvalue weighted by molar-refractivity contribution is 0.628. The van der Waals surface area contributed by atoms with Crippen molar-refractivity contribution in [1.82, 2.24) is 40.4 Å². The van der Waals surface area contributed by atoms with Gasteiger partial charge in [-0.05, 0) is 15.6 Å². The summed E-state index contributed by atoms with van der Waals surface area (Å²) in [5.41, 5.74) is 0. The molecule has 2 aromatic rings. The zero-order valence-corrected chi connectivity index (χ0v) is 10.1. The van der Waals surface area contributed by atoms with E-state index in [0.717, 1.165) is 12.2 Å². The smallest absolute Gasteiger partial charge is 0.189 e. The van der Waals surface area contributed by atoms with Crippen molar-refractivity contribution in [3.05, 3.63) is 11.6 Å². The number of tetrazole rings is 2. The monoisotopic (exact) mass is 260 g/mol. The molecule has 2 rings (SSSR count). The van der Waals surface area contributed by atoms with E-state index in [-0.39, 0.29) is 7.43 Å². The van der Waals surface area contributed by atoms with Crippen LogP contribution in [0.2, 0.25) is 0 Å². The highest BCUT2D eigenvalue weighted by Gasteiger charge is 1.94. The van der Waals surface area contributed by atoms with E-state index in [1.54, 1.807) is 11.7 Å². The van der Waals surface area contributed by atoms with Gasteiger partial charge in [0.05, 0.1) is 12.9 Å². The van der Waals surface area contributed by atoms with Crippen molar-refractivity contribution in [3.8, 4) is 0 Å². The van der Waals surface area contributed by atoms with E-state index in [0.29, 0.717) is 11.7 Å². The van der Waals surface area contributed by atoms with Gasteiger partial charge in [-0.15, -0.1) is 26.9 Å². The lowest BCUT2D eigenvalue weighted by atomic mass is 10.5. The van der Waals surface area contributed by atoms with E-state index in [4.69, 9.17) is 11.6 Å². The third kappa shape index (κ3) is 4.85. The number of rotatable bonds is 2. The first kappa shape index (κ1) is 15.4. The number of halogens is 1. The number of alkyl halides is 1. The highest BCUT2D eigenvalue weighted by atomic mass is 35.5. The van der Waals surface area contributed by atoms with Crippen LogP contribution in [0.5, 0.6) is 0 Å².